The number of amidine groups is 1. The number of nitrogens with zero attached hydrogens (tertiary/aromatic N) is 1. The number of anilines is 1. The largest absolute Gasteiger partial charge is 0.409 e. The van der Waals surface area contributed by atoms with Gasteiger partial charge in [-0.05, 0) is 30.3 Å². The maximum absolute atomic E-state index is 13.0. The Labute approximate surface area is 114 Å². The molecule has 0 aromatic heterocycles. The molecule has 2 aromatic rings. The van der Waals surface area contributed by atoms with Crippen molar-refractivity contribution >= 4 is 17.4 Å². The lowest BCUT2D eigenvalue weighted by molar-refractivity contribution is 0.102. The number of hydrogen-bond donors (Lipinski definition) is 3. The van der Waals surface area contributed by atoms with Gasteiger partial charge < -0.3 is 16.3 Å². The van der Waals surface area contributed by atoms with Gasteiger partial charge in [-0.25, -0.2) is 4.39 Å². The highest BCUT2D eigenvalue weighted by Gasteiger charge is 2.08. The summed E-state index contributed by atoms with van der Waals surface area (Å²) in [6.45, 7) is 0. The highest BCUT2D eigenvalue weighted by atomic mass is 19.1. The highest BCUT2D eigenvalue weighted by Crippen LogP contribution is 2.12. The summed E-state index contributed by atoms with van der Waals surface area (Å²) in [7, 11) is 0. The molecule has 0 atom stereocenters. The second kappa shape index (κ2) is 5.83. The molecule has 0 fully saturated rings. The first-order valence-corrected chi connectivity index (χ1v) is 5.75. The molecule has 0 saturated heterocycles. The van der Waals surface area contributed by atoms with E-state index in [1.54, 1.807) is 24.3 Å². The van der Waals surface area contributed by atoms with Crippen molar-refractivity contribution in [1.29, 1.82) is 0 Å². The van der Waals surface area contributed by atoms with Crippen LogP contribution >= 0.6 is 0 Å². The molecule has 0 saturated carbocycles. The Bertz CT molecular complexity index is 671. The zero-order valence-electron chi connectivity index (χ0n) is 10.4. The third-order valence-electron chi connectivity index (χ3n) is 2.61. The molecule has 0 spiro atoms. The van der Waals surface area contributed by atoms with Crippen molar-refractivity contribution < 1.29 is 14.4 Å². The normalized spacial score (nSPS) is 11.2. The van der Waals surface area contributed by atoms with E-state index in [0.717, 1.165) is 0 Å². The first kappa shape index (κ1) is 13.5. The van der Waals surface area contributed by atoms with Gasteiger partial charge in [0.1, 0.15) is 5.82 Å². The van der Waals surface area contributed by atoms with E-state index in [4.69, 9.17) is 10.9 Å². The average Bonchev–Trinajstić information content (AvgIpc) is 2.46. The molecule has 0 aliphatic carbocycles. The van der Waals surface area contributed by atoms with Crippen LogP contribution in [0.15, 0.2) is 53.7 Å². The van der Waals surface area contributed by atoms with Gasteiger partial charge in [0.2, 0.25) is 0 Å². The highest BCUT2D eigenvalue weighted by molar-refractivity contribution is 6.06. The summed E-state index contributed by atoms with van der Waals surface area (Å²) < 4.78 is 13.0. The van der Waals surface area contributed by atoms with Gasteiger partial charge in [-0.1, -0.05) is 23.4 Å². The maximum Gasteiger partial charge on any atom is 0.255 e. The van der Waals surface area contributed by atoms with Crippen LogP contribution in [-0.4, -0.2) is 17.0 Å². The fourth-order valence-corrected chi connectivity index (χ4v) is 1.65. The molecular weight excluding hydrogens is 261 g/mol. The lowest BCUT2D eigenvalue weighted by Gasteiger charge is -2.06. The van der Waals surface area contributed by atoms with E-state index in [-0.39, 0.29) is 5.84 Å². The van der Waals surface area contributed by atoms with E-state index in [2.05, 4.69) is 10.5 Å². The van der Waals surface area contributed by atoms with Crippen LogP contribution in [0.5, 0.6) is 0 Å². The first-order chi connectivity index (χ1) is 9.60. The first-order valence-electron chi connectivity index (χ1n) is 5.75. The minimum absolute atomic E-state index is 0.0922. The van der Waals surface area contributed by atoms with E-state index >= 15 is 0 Å². The standard InChI is InChI=1S/C14H12FN3O2/c15-11-5-2-6-12(8-11)17-14(19)10-4-1-3-9(7-10)13(16)18-20/h1-8,20H,(H2,16,18)(H,17,19). The van der Waals surface area contributed by atoms with Crippen LogP contribution in [0.3, 0.4) is 0 Å². The molecule has 0 aliphatic heterocycles. The Hall–Kier alpha value is -2.89. The summed E-state index contributed by atoms with van der Waals surface area (Å²) in [6, 6.07) is 11.8. The van der Waals surface area contributed by atoms with E-state index in [1.165, 1.54) is 24.3 Å². The summed E-state index contributed by atoms with van der Waals surface area (Å²) in [6.07, 6.45) is 0. The van der Waals surface area contributed by atoms with Crippen LogP contribution in [-0.2, 0) is 0 Å². The number of rotatable bonds is 3. The molecule has 0 bridgehead atoms. The molecule has 0 unspecified atom stereocenters. The van der Waals surface area contributed by atoms with Gasteiger partial charge in [0, 0.05) is 16.8 Å². The van der Waals surface area contributed by atoms with Gasteiger partial charge in [0.15, 0.2) is 5.84 Å². The molecule has 0 aliphatic rings. The molecule has 20 heavy (non-hydrogen) atoms. The van der Waals surface area contributed by atoms with Crippen molar-refractivity contribution in [1.82, 2.24) is 0 Å². The van der Waals surface area contributed by atoms with Gasteiger partial charge in [0.05, 0.1) is 0 Å². The van der Waals surface area contributed by atoms with Crippen molar-refractivity contribution in [2.75, 3.05) is 5.32 Å². The van der Waals surface area contributed by atoms with Crippen molar-refractivity contribution in [3.63, 3.8) is 0 Å². The van der Waals surface area contributed by atoms with Crippen LogP contribution in [0.25, 0.3) is 0 Å². The van der Waals surface area contributed by atoms with Crippen molar-refractivity contribution in [3.8, 4) is 0 Å². The fourth-order valence-electron chi connectivity index (χ4n) is 1.65. The molecule has 0 radical (unpaired) electrons. The van der Waals surface area contributed by atoms with Gasteiger partial charge in [-0.2, -0.15) is 0 Å². The third kappa shape index (κ3) is 3.11. The zero-order valence-corrected chi connectivity index (χ0v) is 10.4. The van der Waals surface area contributed by atoms with Gasteiger partial charge in [-0.3, -0.25) is 4.79 Å². The van der Waals surface area contributed by atoms with Crippen molar-refractivity contribution in [3.05, 3.63) is 65.5 Å². The molecule has 5 nitrogen and oxygen atoms in total. The van der Waals surface area contributed by atoms with Crippen LogP contribution in [0.2, 0.25) is 0 Å². The summed E-state index contributed by atoms with van der Waals surface area (Å²) in [5.74, 6) is -0.943. The van der Waals surface area contributed by atoms with Crippen LogP contribution in [0.1, 0.15) is 15.9 Å². The monoisotopic (exact) mass is 273 g/mol. The number of nitrogens with one attached hydrogen (secondary N) is 1. The Morgan fingerprint density at radius 2 is 1.85 bits per heavy atom. The topological polar surface area (TPSA) is 87.7 Å². The Morgan fingerprint density at radius 1 is 1.15 bits per heavy atom. The predicted molar refractivity (Wildman–Crippen MR) is 73.3 cm³/mol. The van der Waals surface area contributed by atoms with Crippen LogP contribution < -0.4 is 11.1 Å². The number of carbonyl (C=O) groups excluding carboxylic acids is 1. The number of halogens is 1. The molecule has 2 rings (SSSR count). The van der Waals surface area contributed by atoms with E-state index in [9.17, 15) is 9.18 Å². The third-order valence-corrected chi connectivity index (χ3v) is 2.61. The second-order valence-electron chi connectivity index (χ2n) is 4.03. The van der Waals surface area contributed by atoms with E-state index in [0.29, 0.717) is 16.8 Å². The quantitative estimate of drug-likeness (QED) is 0.346. The number of oxime groups is 1. The number of hydrogen-bond acceptors (Lipinski definition) is 3. The summed E-state index contributed by atoms with van der Waals surface area (Å²) in [5.41, 5.74) is 6.54. The summed E-state index contributed by atoms with van der Waals surface area (Å²) >= 11 is 0. The summed E-state index contributed by atoms with van der Waals surface area (Å²) in [4.78, 5) is 12.0. The minimum Gasteiger partial charge on any atom is -0.409 e. The number of carbonyl (C=O) groups is 1. The Morgan fingerprint density at radius 3 is 2.55 bits per heavy atom. The lowest BCUT2D eigenvalue weighted by atomic mass is 10.1. The average molecular weight is 273 g/mol. The lowest BCUT2D eigenvalue weighted by Crippen LogP contribution is -2.16. The van der Waals surface area contributed by atoms with Crippen molar-refractivity contribution in [2.45, 2.75) is 0 Å². The van der Waals surface area contributed by atoms with E-state index < -0.39 is 11.7 Å². The molecule has 2 aromatic carbocycles. The molecule has 0 heterocycles. The maximum atomic E-state index is 13.0. The minimum atomic E-state index is -0.437. The van der Waals surface area contributed by atoms with E-state index in [1.807, 2.05) is 0 Å². The number of nitrogens with two attached hydrogens (primary N) is 1. The molecular formula is C14H12FN3O2. The van der Waals surface area contributed by atoms with Gasteiger partial charge in [-0.15, -0.1) is 0 Å². The van der Waals surface area contributed by atoms with Crippen LogP contribution in [0, 0.1) is 5.82 Å². The SMILES string of the molecule is N/C(=N\O)c1cccc(C(=O)Nc2cccc(F)c2)c1. The smallest absolute Gasteiger partial charge is 0.255 e. The molecule has 4 N–H and O–H groups in total. The molecule has 6 heteroatoms. The van der Waals surface area contributed by atoms with Gasteiger partial charge in [0.25, 0.3) is 5.91 Å². The molecule has 102 valence electrons. The fraction of sp³-hybridized carbons (Fsp3) is 0. The Kier molecular flexibility index (Phi) is 3.95. The van der Waals surface area contributed by atoms with Gasteiger partial charge >= 0.3 is 0 Å². The van der Waals surface area contributed by atoms with Crippen molar-refractivity contribution in [2.24, 2.45) is 10.9 Å². The number of benzene rings is 2. The Balaban J connectivity index is 2.21. The van der Waals surface area contributed by atoms with Crippen LogP contribution in [0.4, 0.5) is 10.1 Å². The number of amides is 1. The summed E-state index contributed by atoms with van der Waals surface area (Å²) in [5, 5.41) is 14.0. The zero-order chi connectivity index (χ0) is 14.5. The predicted octanol–water partition coefficient (Wildman–Crippen LogP) is 2.17. The second-order valence-corrected chi connectivity index (χ2v) is 4.03. The molecule has 1 amide bonds.